The fourth-order valence-corrected chi connectivity index (χ4v) is 4.28. The number of ether oxygens (including phenoxy) is 3. The molecule has 2 aromatic carbocycles. The largest absolute Gasteiger partial charge is 0.494 e. The van der Waals surface area contributed by atoms with Crippen molar-refractivity contribution in [3.8, 4) is 23.1 Å². The predicted octanol–water partition coefficient (Wildman–Crippen LogP) is 5.89. The van der Waals surface area contributed by atoms with Crippen LogP contribution in [-0.2, 0) is 9.47 Å². The zero-order chi connectivity index (χ0) is 23.4. The van der Waals surface area contributed by atoms with Gasteiger partial charge in [-0.2, -0.15) is 5.26 Å². The second-order valence-electron chi connectivity index (χ2n) is 8.28. The quantitative estimate of drug-likeness (QED) is 0.465. The zero-order valence-electron chi connectivity index (χ0n) is 19.3. The van der Waals surface area contributed by atoms with Crippen molar-refractivity contribution in [1.82, 2.24) is 4.57 Å². The van der Waals surface area contributed by atoms with Crippen molar-refractivity contribution < 1.29 is 19.0 Å². The van der Waals surface area contributed by atoms with Gasteiger partial charge in [0.25, 0.3) is 0 Å². The molecule has 1 amide bonds. The van der Waals surface area contributed by atoms with Crippen molar-refractivity contribution in [2.45, 2.75) is 45.3 Å². The van der Waals surface area contributed by atoms with Crippen LogP contribution >= 0.6 is 0 Å². The normalized spacial score (nSPS) is 14.4. The van der Waals surface area contributed by atoms with E-state index in [0.29, 0.717) is 30.5 Å². The third-order valence-corrected chi connectivity index (χ3v) is 5.95. The molecule has 1 aromatic heterocycles. The number of fused-ring (bicyclic) bond motifs is 1. The number of aromatic nitrogens is 1. The standard InChI is InChI=1S/C26H29N3O4/c1-4-32-21-12-13-22-23(15-27)25(29(24(22)14-21)20-6-5-7-20)18-8-10-19(11-9-18)28-26(30)33-17(2)16-31-3/h8-14,17,20H,4-7,16H2,1-3H3,(H,28,30). The summed E-state index contributed by atoms with van der Waals surface area (Å²) in [6.07, 6.45) is 2.49. The Balaban J connectivity index is 1.69. The summed E-state index contributed by atoms with van der Waals surface area (Å²) in [5.41, 5.74) is 4.15. The fraction of sp³-hybridized carbons (Fsp3) is 0.385. The third kappa shape index (κ3) is 4.67. The minimum absolute atomic E-state index is 0.333. The maximum atomic E-state index is 12.1. The molecule has 0 aliphatic heterocycles. The van der Waals surface area contributed by atoms with Crippen LogP contribution < -0.4 is 10.1 Å². The number of hydrogen-bond donors (Lipinski definition) is 1. The van der Waals surface area contributed by atoms with Crippen LogP contribution in [-0.4, -0.2) is 37.1 Å². The van der Waals surface area contributed by atoms with Crippen molar-refractivity contribution in [1.29, 1.82) is 5.26 Å². The summed E-state index contributed by atoms with van der Waals surface area (Å²) in [7, 11) is 1.56. The van der Waals surface area contributed by atoms with E-state index in [4.69, 9.17) is 14.2 Å². The number of rotatable bonds is 8. The average molecular weight is 448 g/mol. The predicted molar refractivity (Wildman–Crippen MR) is 128 cm³/mol. The molecule has 1 heterocycles. The Kier molecular flexibility index (Phi) is 6.85. The highest BCUT2D eigenvalue weighted by Crippen LogP contribution is 2.43. The van der Waals surface area contributed by atoms with Crippen molar-refractivity contribution >= 4 is 22.7 Å². The molecule has 0 radical (unpaired) electrons. The van der Waals surface area contributed by atoms with Crippen LogP contribution in [0.3, 0.4) is 0 Å². The SMILES string of the molecule is CCOc1ccc2c(C#N)c(-c3ccc(NC(=O)OC(C)COC)cc3)n(C3CCC3)c2c1. The van der Waals surface area contributed by atoms with E-state index < -0.39 is 6.09 Å². The Morgan fingerprint density at radius 1 is 1.24 bits per heavy atom. The first-order chi connectivity index (χ1) is 16.0. The number of nitriles is 1. The first kappa shape index (κ1) is 22.7. The molecule has 1 N–H and O–H groups in total. The molecule has 1 atom stereocenters. The van der Waals surface area contributed by atoms with Crippen LogP contribution in [0.15, 0.2) is 42.5 Å². The molecule has 172 valence electrons. The Labute approximate surface area is 193 Å². The number of carbonyl (C=O) groups excluding carboxylic acids is 1. The van der Waals surface area contributed by atoms with Gasteiger partial charge in [-0.15, -0.1) is 0 Å². The molecule has 1 saturated carbocycles. The number of amides is 1. The summed E-state index contributed by atoms with van der Waals surface area (Å²) in [5.74, 6) is 0.805. The van der Waals surface area contributed by atoms with Crippen molar-refractivity contribution in [2.75, 3.05) is 25.6 Å². The average Bonchev–Trinajstić information content (AvgIpc) is 3.07. The molecule has 0 bridgehead atoms. The summed E-state index contributed by atoms with van der Waals surface area (Å²) in [6, 6.07) is 16.2. The van der Waals surface area contributed by atoms with E-state index in [1.165, 1.54) is 6.42 Å². The molecule has 1 aliphatic carbocycles. The number of nitrogens with one attached hydrogen (secondary N) is 1. The highest BCUT2D eigenvalue weighted by atomic mass is 16.6. The first-order valence-corrected chi connectivity index (χ1v) is 11.3. The van der Waals surface area contributed by atoms with Crippen molar-refractivity contribution in [3.63, 3.8) is 0 Å². The lowest BCUT2D eigenvalue weighted by Gasteiger charge is -2.30. The summed E-state index contributed by atoms with van der Waals surface area (Å²) >= 11 is 0. The molecule has 0 spiro atoms. The molecule has 3 aromatic rings. The van der Waals surface area contributed by atoms with E-state index in [0.717, 1.165) is 40.8 Å². The number of hydrogen-bond acceptors (Lipinski definition) is 5. The number of carbonyl (C=O) groups is 1. The highest BCUT2D eigenvalue weighted by molar-refractivity contribution is 5.96. The molecule has 1 unspecified atom stereocenters. The van der Waals surface area contributed by atoms with E-state index >= 15 is 0 Å². The van der Waals surface area contributed by atoms with Gasteiger partial charge in [0, 0.05) is 30.3 Å². The number of methoxy groups -OCH3 is 1. The van der Waals surface area contributed by atoms with Crippen LogP contribution in [0.4, 0.5) is 10.5 Å². The molecule has 33 heavy (non-hydrogen) atoms. The van der Waals surface area contributed by atoms with E-state index in [2.05, 4.69) is 16.0 Å². The van der Waals surface area contributed by atoms with Gasteiger partial charge in [-0.1, -0.05) is 12.1 Å². The smallest absolute Gasteiger partial charge is 0.411 e. The molecule has 1 fully saturated rings. The lowest BCUT2D eigenvalue weighted by atomic mass is 9.92. The molecule has 4 rings (SSSR count). The Bertz CT molecular complexity index is 1170. The highest BCUT2D eigenvalue weighted by Gasteiger charge is 2.28. The summed E-state index contributed by atoms with van der Waals surface area (Å²) < 4.78 is 18.3. The van der Waals surface area contributed by atoms with E-state index in [1.807, 2.05) is 49.4 Å². The lowest BCUT2D eigenvalue weighted by Crippen LogP contribution is -2.23. The lowest BCUT2D eigenvalue weighted by molar-refractivity contribution is 0.0564. The van der Waals surface area contributed by atoms with Crippen LogP contribution in [0, 0.1) is 11.3 Å². The van der Waals surface area contributed by atoms with Gasteiger partial charge in [0.2, 0.25) is 0 Å². The van der Waals surface area contributed by atoms with Gasteiger partial charge in [-0.3, -0.25) is 5.32 Å². The minimum atomic E-state index is -0.531. The van der Waals surface area contributed by atoms with Gasteiger partial charge in [-0.05, 0) is 62.9 Å². The summed E-state index contributed by atoms with van der Waals surface area (Å²) in [5, 5.41) is 13.7. The van der Waals surface area contributed by atoms with Gasteiger partial charge in [0.05, 0.1) is 30.0 Å². The van der Waals surface area contributed by atoms with E-state index in [9.17, 15) is 10.1 Å². The van der Waals surface area contributed by atoms with Crippen molar-refractivity contribution in [2.24, 2.45) is 0 Å². The van der Waals surface area contributed by atoms with Crippen LogP contribution in [0.5, 0.6) is 5.75 Å². The van der Waals surface area contributed by atoms with Crippen LogP contribution in [0.1, 0.15) is 44.7 Å². The second kappa shape index (κ2) is 9.97. The molecule has 1 aliphatic rings. The van der Waals surface area contributed by atoms with Crippen LogP contribution in [0.25, 0.3) is 22.2 Å². The number of benzene rings is 2. The summed E-state index contributed by atoms with van der Waals surface area (Å²) in [6.45, 7) is 4.66. The number of nitrogens with zero attached hydrogens (tertiary/aromatic N) is 2. The van der Waals surface area contributed by atoms with E-state index in [1.54, 1.807) is 14.0 Å². The van der Waals surface area contributed by atoms with Gasteiger partial charge < -0.3 is 18.8 Å². The Morgan fingerprint density at radius 3 is 2.61 bits per heavy atom. The van der Waals surface area contributed by atoms with Gasteiger partial charge in [0.1, 0.15) is 17.9 Å². The Morgan fingerprint density at radius 2 is 2.00 bits per heavy atom. The van der Waals surface area contributed by atoms with Gasteiger partial charge in [-0.25, -0.2) is 4.79 Å². The summed E-state index contributed by atoms with van der Waals surface area (Å²) in [4.78, 5) is 12.1. The molecule has 0 saturated heterocycles. The Hall–Kier alpha value is -3.50. The van der Waals surface area contributed by atoms with Gasteiger partial charge in [0.15, 0.2) is 0 Å². The van der Waals surface area contributed by atoms with Crippen molar-refractivity contribution in [3.05, 3.63) is 48.0 Å². The molecule has 7 nitrogen and oxygen atoms in total. The van der Waals surface area contributed by atoms with E-state index in [-0.39, 0.29) is 6.10 Å². The third-order valence-electron chi connectivity index (χ3n) is 5.95. The maximum Gasteiger partial charge on any atom is 0.411 e. The number of anilines is 1. The molecular formula is C26H29N3O4. The van der Waals surface area contributed by atoms with Gasteiger partial charge >= 0.3 is 6.09 Å². The topological polar surface area (TPSA) is 85.5 Å². The first-order valence-electron chi connectivity index (χ1n) is 11.3. The monoisotopic (exact) mass is 447 g/mol. The fourth-order valence-electron chi connectivity index (χ4n) is 4.28. The minimum Gasteiger partial charge on any atom is -0.494 e. The zero-order valence-corrected chi connectivity index (χ0v) is 19.3. The maximum absolute atomic E-state index is 12.1. The molecule has 7 heteroatoms. The van der Waals surface area contributed by atoms with Crippen LogP contribution in [0.2, 0.25) is 0 Å². The molecular weight excluding hydrogens is 418 g/mol. The second-order valence-corrected chi connectivity index (χ2v) is 8.28.